The van der Waals surface area contributed by atoms with Gasteiger partial charge in [0, 0.05) is 44.4 Å². The van der Waals surface area contributed by atoms with Gasteiger partial charge in [0.1, 0.15) is 0 Å². The maximum absolute atomic E-state index is 13.4. The van der Waals surface area contributed by atoms with Gasteiger partial charge in [-0.3, -0.25) is 9.78 Å². The molecule has 4 heterocycles. The van der Waals surface area contributed by atoms with E-state index in [0.29, 0.717) is 6.54 Å². The summed E-state index contributed by atoms with van der Waals surface area (Å²) in [6.07, 6.45) is 12.4. The van der Waals surface area contributed by atoms with Crippen LogP contribution in [0.3, 0.4) is 0 Å². The highest BCUT2D eigenvalue weighted by molar-refractivity contribution is 5.80. The highest BCUT2D eigenvalue weighted by Crippen LogP contribution is 2.33. The summed E-state index contributed by atoms with van der Waals surface area (Å²) in [7, 11) is 0. The molecule has 26 heavy (non-hydrogen) atoms. The molecular formula is C20H25N5O. The predicted octanol–water partition coefficient (Wildman–Crippen LogP) is 2.84. The Balaban J connectivity index is 1.50. The van der Waals surface area contributed by atoms with E-state index in [2.05, 4.69) is 30.8 Å². The van der Waals surface area contributed by atoms with Crippen molar-refractivity contribution in [2.45, 2.75) is 38.1 Å². The summed E-state index contributed by atoms with van der Waals surface area (Å²) in [6.45, 7) is 2.47. The fourth-order valence-electron chi connectivity index (χ4n) is 4.16. The van der Waals surface area contributed by atoms with Gasteiger partial charge in [-0.05, 0) is 49.8 Å². The summed E-state index contributed by atoms with van der Waals surface area (Å²) < 4.78 is 0. The molecule has 0 unspecified atom stereocenters. The molecular weight excluding hydrogens is 326 g/mol. The second-order valence-corrected chi connectivity index (χ2v) is 7.16. The lowest BCUT2D eigenvalue weighted by molar-refractivity contribution is -0.139. The Labute approximate surface area is 154 Å². The van der Waals surface area contributed by atoms with E-state index in [4.69, 9.17) is 0 Å². The van der Waals surface area contributed by atoms with Crippen LogP contribution in [-0.4, -0.2) is 45.4 Å². The number of hydrogen-bond donors (Lipinski definition) is 0. The first kappa shape index (κ1) is 16.9. The minimum atomic E-state index is 0.0184. The van der Waals surface area contributed by atoms with Gasteiger partial charge >= 0.3 is 0 Å². The van der Waals surface area contributed by atoms with Crippen LogP contribution in [-0.2, 0) is 4.79 Å². The number of rotatable bonds is 3. The number of piperidine rings is 2. The van der Waals surface area contributed by atoms with E-state index in [-0.39, 0.29) is 17.9 Å². The third-order valence-corrected chi connectivity index (χ3v) is 5.46. The van der Waals surface area contributed by atoms with Crippen LogP contribution in [0.2, 0.25) is 0 Å². The number of nitrogens with zero attached hydrogens (tertiary/aromatic N) is 5. The van der Waals surface area contributed by atoms with Gasteiger partial charge in [-0.1, -0.05) is 6.07 Å². The molecule has 0 N–H and O–H groups in total. The molecule has 0 aliphatic carbocycles. The number of carbonyl (C=O) groups is 1. The Morgan fingerprint density at radius 2 is 1.88 bits per heavy atom. The monoisotopic (exact) mass is 351 g/mol. The quantitative estimate of drug-likeness (QED) is 0.851. The SMILES string of the molecule is O=C([C@@H]1CCCN(c2ncccn2)C1)N1CCCC[C@H]1c1cccnc1. The topological polar surface area (TPSA) is 62.2 Å². The first-order chi connectivity index (χ1) is 12.8. The van der Waals surface area contributed by atoms with E-state index in [1.54, 1.807) is 18.6 Å². The van der Waals surface area contributed by atoms with Gasteiger partial charge in [0.15, 0.2) is 0 Å². The smallest absolute Gasteiger partial charge is 0.227 e. The minimum absolute atomic E-state index is 0.0184. The summed E-state index contributed by atoms with van der Waals surface area (Å²) in [6, 6.07) is 6.03. The van der Waals surface area contributed by atoms with E-state index in [1.807, 2.05) is 18.3 Å². The Bertz CT molecular complexity index is 723. The zero-order valence-corrected chi connectivity index (χ0v) is 15.0. The van der Waals surface area contributed by atoms with Gasteiger partial charge in [-0.2, -0.15) is 0 Å². The Kier molecular flexibility index (Phi) is 5.09. The second kappa shape index (κ2) is 7.81. The summed E-state index contributed by atoms with van der Waals surface area (Å²) in [4.78, 5) is 30.6. The third-order valence-electron chi connectivity index (χ3n) is 5.46. The number of amides is 1. The zero-order valence-electron chi connectivity index (χ0n) is 15.0. The van der Waals surface area contributed by atoms with Crippen molar-refractivity contribution in [3.05, 3.63) is 48.5 Å². The largest absolute Gasteiger partial charge is 0.340 e. The summed E-state index contributed by atoms with van der Waals surface area (Å²) >= 11 is 0. The summed E-state index contributed by atoms with van der Waals surface area (Å²) in [5.74, 6) is 1.02. The van der Waals surface area contributed by atoms with Crippen molar-refractivity contribution in [3.63, 3.8) is 0 Å². The third kappa shape index (κ3) is 3.54. The molecule has 2 atom stereocenters. The normalized spacial score (nSPS) is 23.7. The van der Waals surface area contributed by atoms with Crippen LogP contribution in [0.25, 0.3) is 0 Å². The first-order valence-electron chi connectivity index (χ1n) is 9.55. The summed E-state index contributed by atoms with van der Waals surface area (Å²) in [5.41, 5.74) is 1.15. The molecule has 0 saturated carbocycles. The van der Waals surface area contributed by atoms with E-state index in [1.165, 1.54) is 0 Å². The van der Waals surface area contributed by atoms with Gasteiger partial charge in [0.05, 0.1) is 12.0 Å². The molecule has 6 nitrogen and oxygen atoms in total. The van der Waals surface area contributed by atoms with E-state index >= 15 is 0 Å². The summed E-state index contributed by atoms with van der Waals surface area (Å²) in [5, 5.41) is 0. The number of pyridine rings is 1. The van der Waals surface area contributed by atoms with Crippen LogP contribution in [0.15, 0.2) is 43.0 Å². The number of aromatic nitrogens is 3. The van der Waals surface area contributed by atoms with Crippen LogP contribution < -0.4 is 4.90 Å². The van der Waals surface area contributed by atoms with E-state index in [0.717, 1.165) is 56.7 Å². The average Bonchev–Trinajstić information content (AvgIpc) is 2.74. The molecule has 6 heteroatoms. The van der Waals surface area contributed by atoms with Gasteiger partial charge in [-0.15, -0.1) is 0 Å². The van der Waals surface area contributed by atoms with Crippen molar-refractivity contribution in [1.82, 2.24) is 19.9 Å². The van der Waals surface area contributed by atoms with Crippen molar-refractivity contribution in [2.24, 2.45) is 5.92 Å². The standard InChI is InChI=1S/C20H25N5O/c26-19(17-7-4-12-24(15-17)20-22-10-5-11-23-20)25-13-2-1-8-18(25)16-6-3-9-21-14-16/h3,5-6,9-11,14,17-18H,1-2,4,7-8,12-13,15H2/t17-,18+/m1/s1. The van der Waals surface area contributed by atoms with Crippen LogP contribution in [0.1, 0.15) is 43.7 Å². The van der Waals surface area contributed by atoms with Gasteiger partial charge in [0.2, 0.25) is 11.9 Å². The van der Waals surface area contributed by atoms with Crippen molar-refractivity contribution in [1.29, 1.82) is 0 Å². The van der Waals surface area contributed by atoms with Gasteiger partial charge in [-0.25, -0.2) is 9.97 Å². The van der Waals surface area contributed by atoms with Crippen LogP contribution in [0, 0.1) is 5.92 Å². The van der Waals surface area contributed by atoms with Crippen molar-refractivity contribution in [3.8, 4) is 0 Å². The molecule has 2 aliphatic heterocycles. The molecule has 2 saturated heterocycles. The van der Waals surface area contributed by atoms with Crippen LogP contribution in [0.4, 0.5) is 5.95 Å². The molecule has 0 radical (unpaired) electrons. The maximum atomic E-state index is 13.4. The van der Waals surface area contributed by atoms with Crippen molar-refractivity contribution in [2.75, 3.05) is 24.5 Å². The molecule has 4 rings (SSSR count). The molecule has 0 bridgehead atoms. The maximum Gasteiger partial charge on any atom is 0.227 e. The molecule has 2 aliphatic rings. The number of anilines is 1. The zero-order chi connectivity index (χ0) is 17.8. The number of hydrogen-bond acceptors (Lipinski definition) is 5. The molecule has 2 fully saturated rings. The predicted molar refractivity (Wildman–Crippen MR) is 99.5 cm³/mol. The molecule has 2 aromatic heterocycles. The lowest BCUT2D eigenvalue weighted by Gasteiger charge is -2.40. The molecule has 2 aromatic rings. The molecule has 136 valence electrons. The Hall–Kier alpha value is -2.50. The van der Waals surface area contributed by atoms with Crippen LogP contribution in [0.5, 0.6) is 0 Å². The van der Waals surface area contributed by atoms with Crippen molar-refractivity contribution >= 4 is 11.9 Å². The van der Waals surface area contributed by atoms with Crippen LogP contribution >= 0.6 is 0 Å². The second-order valence-electron chi connectivity index (χ2n) is 7.16. The van der Waals surface area contributed by atoms with Gasteiger partial charge < -0.3 is 9.80 Å². The lowest BCUT2D eigenvalue weighted by atomic mass is 9.91. The van der Waals surface area contributed by atoms with Crippen molar-refractivity contribution < 1.29 is 4.79 Å². The fraction of sp³-hybridized carbons (Fsp3) is 0.500. The number of carbonyl (C=O) groups excluding carboxylic acids is 1. The number of likely N-dealkylation sites (tertiary alicyclic amines) is 1. The Morgan fingerprint density at radius 3 is 2.69 bits per heavy atom. The minimum Gasteiger partial charge on any atom is -0.340 e. The Morgan fingerprint density at radius 1 is 1.00 bits per heavy atom. The average molecular weight is 351 g/mol. The molecule has 0 spiro atoms. The molecule has 1 amide bonds. The highest BCUT2D eigenvalue weighted by Gasteiger charge is 2.35. The fourth-order valence-corrected chi connectivity index (χ4v) is 4.16. The van der Waals surface area contributed by atoms with Gasteiger partial charge in [0.25, 0.3) is 0 Å². The molecule has 0 aromatic carbocycles. The highest BCUT2D eigenvalue weighted by atomic mass is 16.2. The lowest BCUT2D eigenvalue weighted by Crippen LogP contribution is -2.47. The first-order valence-corrected chi connectivity index (χ1v) is 9.55. The van der Waals surface area contributed by atoms with E-state index < -0.39 is 0 Å². The van der Waals surface area contributed by atoms with E-state index in [9.17, 15) is 4.79 Å².